The molecule has 0 aromatic heterocycles. The van der Waals surface area contributed by atoms with Gasteiger partial charge in [0.05, 0.1) is 0 Å². The van der Waals surface area contributed by atoms with Gasteiger partial charge in [0.25, 0.3) is 0 Å². The van der Waals surface area contributed by atoms with Crippen LogP contribution < -0.4 is 20.1 Å². The van der Waals surface area contributed by atoms with Crippen molar-refractivity contribution in [1.82, 2.24) is 5.32 Å². The molecular weight excluding hydrogens is 328 g/mol. The summed E-state index contributed by atoms with van der Waals surface area (Å²) in [6, 6.07) is 14.0. The Morgan fingerprint density at radius 3 is 2.77 bits per heavy atom. The summed E-state index contributed by atoms with van der Waals surface area (Å²) in [5, 5.41) is 6.42. The highest BCUT2D eigenvalue weighted by Crippen LogP contribution is 2.49. The minimum Gasteiger partial charge on any atom is -0.486 e. The van der Waals surface area contributed by atoms with Crippen molar-refractivity contribution in [2.24, 2.45) is 5.92 Å². The van der Waals surface area contributed by atoms with Crippen LogP contribution in [0.2, 0.25) is 0 Å². The minimum atomic E-state index is 0.0183. The molecular formula is C21H24N2O3. The van der Waals surface area contributed by atoms with E-state index in [1.165, 1.54) is 0 Å². The molecule has 26 heavy (non-hydrogen) atoms. The fraction of sp³-hybridized carbons (Fsp3) is 0.381. The lowest BCUT2D eigenvalue weighted by Crippen LogP contribution is -2.18. The number of hydrogen-bond donors (Lipinski definition) is 2. The first-order valence-corrected chi connectivity index (χ1v) is 9.25. The third-order valence-corrected chi connectivity index (χ3v) is 4.96. The highest BCUT2D eigenvalue weighted by molar-refractivity contribution is 5.95. The largest absolute Gasteiger partial charge is 0.486 e. The quantitative estimate of drug-likeness (QED) is 0.837. The van der Waals surface area contributed by atoms with Gasteiger partial charge in [0.15, 0.2) is 11.5 Å². The zero-order chi connectivity index (χ0) is 17.9. The molecule has 1 aliphatic carbocycles. The lowest BCUT2D eigenvalue weighted by Gasteiger charge is -2.18. The van der Waals surface area contributed by atoms with E-state index in [-0.39, 0.29) is 17.7 Å². The van der Waals surface area contributed by atoms with Gasteiger partial charge in [-0.05, 0) is 48.2 Å². The second-order valence-electron chi connectivity index (χ2n) is 6.78. The van der Waals surface area contributed by atoms with Crippen molar-refractivity contribution < 1.29 is 14.3 Å². The fourth-order valence-electron chi connectivity index (χ4n) is 3.43. The average Bonchev–Trinajstić information content (AvgIpc) is 3.48. The Bertz CT molecular complexity index is 806. The predicted molar refractivity (Wildman–Crippen MR) is 101 cm³/mol. The van der Waals surface area contributed by atoms with Crippen LogP contribution in [0.5, 0.6) is 11.5 Å². The van der Waals surface area contributed by atoms with Gasteiger partial charge < -0.3 is 20.1 Å². The first-order valence-electron chi connectivity index (χ1n) is 9.25. The highest BCUT2D eigenvalue weighted by Gasteiger charge is 2.44. The molecule has 5 nitrogen and oxygen atoms in total. The summed E-state index contributed by atoms with van der Waals surface area (Å²) in [6.07, 6.45) is 0.876. The van der Waals surface area contributed by atoms with Crippen molar-refractivity contribution >= 4 is 11.6 Å². The second kappa shape index (κ2) is 7.38. The molecule has 2 aliphatic rings. The van der Waals surface area contributed by atoms with Crippen LogP contribution >= 0.6 is 0 Å². The number of nitrogens with one attached hydrogen (secondary N) is 2. The van der Waals surface area contributed by atoms with E-state index in [0.29, 0.717) is 13.2 Å². The van der Waals surface area contributed by atoms with Gasteiger partial charge >= 0.3 is 0 Å². The van der Waals surface area contributed by atoms with E-state index in [2.05, 4.69) is 17.6 Å². The molecule has 1 saturated carbocycles. The summed E-state index contributed by atoms with van der Waals surface area (Å²) in [7, 11) is 0. The number of amides is 1. The lowest BCUT2D eigenvalue weighted by molar-refractivity contribution is -0.117. The Balaban J connectivity index is 1.42. The van der Waals surface area contributed by atoms with E-state index < -0.39 is 0 Å². The summed E-state index contributed by atoms with van der Waals surface area (Å²) in [5.41, 5.74) is 3.15. The molecule has 1 fully saturated rings. The zero-order valence-electron chi connectivity index (χ0n) is 15.0. The van der Waals surface area contributed by atoms with Crippen molar-refractivity contribution in [3.05, 3.63) is 53.6 Å². The normalized spacial score (nSPS) is 20.5. The molecule has 0 spiro atoms. The summed E-state index contributed by atoms with van der Waals surface area (Å²) in [5.74, 6) is 1.94. The van der Waals surface area contributed by atoms with Crippen LogP contribution in [0.15, 0.2) is 42.5 Å². The molecule has 2 N–H and O–H groups in total. The Kier molecular flexibility index (Phi) is 4.80. The van der Waals surface area contributed by atoms with Gasteiger partial charge in [-0.3, -0.25) is 4.79 Å². The van der Waals surface area contributed by atoms with Gasteiger partial charge in [-0.2, -0.15) is 0 Å². The summed E-state index contributed by atoms with van der Waals surface area (Å²) in [6.45, 7) is 4.89. The van der Waals surface area contributed by atoms with E-state index in [0.717, 1.165) is 47.8 Å². The monoisotopic (exact) mass is 352 g/mol. The van der Waals surface area contributed by atoms with E-state index >= 15 is 0 Å². The van der Waals surface area contributed by atoms with Gasteiger partial charge in [-0.25, -0.2) is 0 Å². The molecule has 5 heteroatoms. The molecule has 2 aromatic rings. The summed E-state index contributed by atoms with van der Waals surface area (Å²) < 4.78 is 11.2. The highest BCUT2D eigenvalue weighted by atomic mass is 16.6. The molecule has 2 aromatic carbocycles. The number of ether oxygens (including phenoxy) is 2. The van der Waals surface area contributed by atoms with E-state index in [1.54, 1.807) is 0 Å². The van der Waals surface area contributed by atoms with Crippen molar-refractivity contribution in [3.8, 4) is 11.5 Å². The third-order valence-electron chi connectivity index (χ3n) is 4.96. The molecule has 1 amide bonds. The molecule has 2 atom stereocenters. The Labute approximate surface area is 153 Å². The minimum absolute atomic E-state index is 0.0183. The number of carbonyl (C=O) groups is 1. The number of carbonyl (C=O) groups excluding carboxylic acids is 1. The van der Waals surface area contributed by atoms with Gasteiger partial charge in [0, 0.05) is 18.2 Å². The van der Waals surface area contributed by atoms with E-state index in [9.17, 15) is 4.79 Å². The maximum atomic E-state index is 12.7. The zero-order valence-corrected chi connectivity index (χ0v) is 15.0. The molecule has 1 heterocycles. The summed E-state index contributed by atoms with van der Waals surface area (Å²) in [4.78, 5) is 12.7. The van der Waals surface area contributed by atoms with Crippen LogP contribution in [-0.4, -0.2) is 25.7 Å². The smallest absolute Gasteiger partial charge is 0.228 e. The van der Waals surface area contributed by atoms with Crippen LogP contribution in [0.4, 0.5) is 5.69 Å². The molecule has 0 saturated heterocycles. The Hall–Kier alpha value is -2.53. The maximum Gasteiger partial charge on any atom is 0.228 e. The van der Waals surface area contributed by atoms with E-state index in [1.807, 2.05) is 42.5 Å². The fourth-order valence-corrected chi connectivity index (χ4v) is 3.43. The van der Waals surface area contributed by atoms with Crippen LogP contribution in [0.1, 0.15) is 30.4 Å². The Morgan fingerprint density at radius 2 is 1.92 bits per heavy atom. The van der Waals surface area contributed by atoms with Crippen LogP contribution in [-0.2, 0) is 11.3 Å². The SMILES string of the molecule is CCNCc1ccccc1NC(=O)C1CC1c1ccc2c(c1)OCCO2. The summed E-state index contributed by atoms with van der Waals surface area (Å²) >= 11 is 0. The van der Waals surface area contributed by atoms with Gasteiger partial charge in [-0.15, -0.1) is 0 Å². The molecule has 4 rings (SSSR count). The number of benzene rings is 2. The Morgan fingerprint density at radius 1 is 1.12 bits per heavy atom. The van der Waals surface area contributed by atoms with Gasteiger partial charge in [0.2, 0.25) is 5.91 Å². The number of anilines is 1. The number of para-hydroxylation sites is 1. The standard InChI is InChI=1S/C21H24N2O3/c1-2-22-13-15-5-3-4-6-18(15)23-21(24)17-12-16(17)14-7-8-19-20(11-14)26-10-9-25-19/h3-8,11,16-17,22H,2,9-10,12-13H2,1H3,(H,23,24). The topological polar surface area (TPSA) is 59.6 Å². The van der Waals surface area contributed by atoms with Crippen LogP contribution in [0, 0.1) is 5.92 Å². The van der Waals surface area contributed by atoms with E-state index in [4.69, 9.17) is 9.47 Å². The molecule has 136 valence electrons. The molecule has 0 radical (unpaired) electrons. The van der Waals surface area contributed by atoms with Gasteiger partial charge in [0.1, 0.15) is 13.2 Å². The first kappa shape index (κ1) is 16.9. The lowest BCUT2D eigenvalue weighted by atomic mass is 10.1. The predicted octanol–water partition coefficient (Wildman–Crippen LogP) is 3.31. The molecule has 2 unspecified atom stereocenters. The number of fused-ring (bicyclic) bond motifs is 1. The molecule has 1 aliphatic heterocycles. The average molecular weight is 352 g/mol. The first-order chi connectivity index (χ1) is 12.8. The third kappa shape index (κ3) is 3.53. The maximum absolute atomic E-state index is 12.7. The van der Waals surface area contributed by atoms with Gasteiger partial charge in [-0.1, -0.05) is 31.2 Å². The van der Waals surface area contributed by atoms with Crippen LogP contribution in [0.25, 0.3) is 0 Å². The second-order valence-corrected chi connectivity index (χ2v) is 6.78. The van der Waals surface area contributed by atoms with Crippen molar-refractivity contribution in [2.75, 3.05) is 25.1 Å². The molecule has 0 bridgehead atoms. The number of hydrogen-bond acceptors (Lipinski definition) is 4. The number of rotatable bonds is 6. The van der Waals surface area contributed by atoms with Crippen molar-refractivity contribution in [2.45, 2.75) is 25.8 Å². The van der Waals surface area contributed by atoms with Crippen LogP contribution in [0.3, 0.4) is 0 Å². The van der Waals surface area contributed by atoms with Crippen molar-refractivity contribution in [3.63, 3.8) is 0 Å². The van der Waals surface area contributed by atoms with Crippen molar-refractivity contribution in [1.29, 1.82) is 0 Å².